The van der Waals surface area contributed by atoms with Gasteiger partial charge in [-0.25, -0.2) is 14.4 Å². The average Bonchev–Trinajstić information content (AvgIpc) is 2.94. The standard InChI is InChI=1S/C29H28O7S/c1-2-37-29-24(35-28(32)22-16-10-5-11-17-22)18-23(34-27(31)21-14-8-4-9-15-21)25(36-29)19-33-26(30)20-12-6-3-7-13-20/h3-17,23-25,29H,2,18-19H2,1H3/t23-,24-,25-,29+/m1/s1. The van der Waals surface area contributed by atoms with Crippen molar-refractivity contribution in [1.82, 2.24) is 0 Å². The number of thioether (sulfide) groups is 1. The Morgan fingerprint density at radius 1 is 0.730 bits per heavy atom. The summed E-state index contributed by atoms with van der Waals surface area (Å²) in [7, 11) is 0. The minimum Gasteiger partial charge on any atom is -0.459 e. The van der Waals surface area contributed by atoms with E-state index in [2.05, 4.69) is 0 Å². The van der Waals surface area contributed by atoms with Crippen LogP contribution < -0.4 is 0 Å². The van der Waals surface area contributed by atoms with Gasteiger partial charge in [0.15, 0.2) is 0 Å². The van der Waals surface area contributed by atoms with Crippen LogP contribution in [-0.2, 0) is 18.9 Å². The van der Waals surface area contributed by atoms with Crippen molar-refractivity contribution >= 4 is 29.7 Å². The lowest BCUT2D eigenvalue weighted by molar-refractivity contribution is -0.154. The Bertz CT molecular complexity index is 1170. The van der Waals surface area contributed by atoms with Gasteiger partial charge in [0.25, 0.3) is 0 Å². The first-order valence-corrected chi connectivity index (χ1v) is 13.1. The maximum atomic E-state index is 12.9. The van der Waals surface area contributed by atoms with E-state index in [-0.39, 0.29) is 13.0 Å². The van der Waals surface area contributed by atoms with Crippen LogP contribution >= 0.6 is 11.8 Å². The molecule has 4 rings (SSSR count). The van der Waals surface area contributed by atoms with Crippen molar-refractivity contribution < 1.29 is 33.3 Å². The highest BCUT2D eigenvalue weighted by Crippen LogP contribution is 2.33. The van der Waals surface area contributed by atoms with Crippen molar-refractivity contribution in [2.24, 2.45) is 0 Å². The highest BCUT2D eigenvalue weighted by Gasteiger charge is 2.43. The van der Waals surface area contributed by atoms with E-state index >= 15 is 0 Å². The molecule has 0 saturated carbocycles. The molecule has 7 nitrogen and oxygen atoms in total. The Morgan fingerprint density at radius 3 is 1.68 bits per heavy atom. The molecule has 4 atom stereocenters. The Balaban J connectivity index is 1.51. The molecule has 192 valence electrons. The van der Waals surface area contributed by atoms with Gasteiger partial charge in [0.2, 0.25) is 0 Å². The van der Waals surface area contributed by atoms with Gasteiger partial charge in [-0.3, -0.25) is 0 Å². The molecule has 1 heterocycles. The lowest BCUT2D eigenvalue weighted by Crippen LogP contribution is -2.51. The number of rotatable bonds is 9. The maximum Gasteiger partial charge on any atom is 0.338 e. The van der Waals surface area contributed by atoms with Crippen LogP contribution in [0.15, 0.2) is 91.0 Å². The minimum atomic E-state index is -0.807. The van der Waals surface area contributed by atoms with Crippen LogP contribution in [0.1, 0.15) is 44.4 Å². The molecule has 0 spiro atoms. The number of benzene rings is 3. The third-order valence-electron chi connectivity index (χ3n) is 5.75. The highest BCUT2D eigenvalue weighted by atomic mass is 32.2. The van der Waals surface area contributed by atoms with Crippen LogP contribution in [0.5, 0.6) is 0 Å². The zero-order valence-corrected chi connectivity index (χ0v) is 21.2. The van der Waals surface area contributed by atoms with Gasteiger partial charge in [0.05, 0.1) is 16.7 Å². The van der Waals surface area contributed by atoms with E-state index < -0.39 is 41.7 Å². The molecule has 3 aromatic rings. The Kier molecular flexibility index (Phi) is 9.35. The lowest BCUT2D eigenvalue weighted by atomic mass is 10.0. The van der Waals surface area contributed by atoms with Gasteiger partial charge >= 0.3 is 17.9 Å². The number of carbonyl (C=O) groups excluding carboxylic acids is 3. The summed E-state index contributed by atoms with van der Waals surface area (Å²) in [5, 5.41) is 0. The van der Waals surface area contributed by atoms with E-state index in [4.69, 9.17) is 18.9 Å². The fourth-order valence-electron chi connectivity index (χ4n) is 3.90. The van der Waals surface area contributed by atoms with Crippen molar-refractivity contribution in [1.29, 1.82) is 0 Å². The molecule has 1 aliphatic heterocycles. The topological polar surface area (TPSA) is 88.1 Å². The van der Waals surface area contributed by atoms with Gasteiger partial charge in [-0.05, 0) is 42.2 Å². The quantitative estimate of drug-likeness (QED) is 0.282. The first-order chi connectivity index (χ1) is 18.0. The van der Waals surface area contributed by atoms with Crippen LogP contribution in [0.3, 0.4) is 0 Å². The van der Waals surface area contributed by atoms with E-state index in [0.717, 1.165) is 0 Å². The molecule has 8 heteroatoms. The lowest BCUT2D eigenvalue weighted by Gasteiger charge is -2.39. The molecule has 0 amide bonds. The molecule has 0 bridgehead atoms. The van der Waals surface area contributed by atoms with Crippen molar-refractivity contribution in [3.63, 3.8) is 0 Å². The van der Waals surface area contributed by atoms with Gasteiger partial charge in [-0.1, -0.05) is 61.5 Å². The second-order valence-electron chi connectivity index (χ2n) is 8.32. The van der Waals surface area contributed by atoms with Crippen LogP contribution in [0, 0.1) is 0 Å². The summed E-state index contributed by atoms with van der Waals surface area (Å²) in [5.41, 5.74) is 0.681. The highest BCUT2D eigenvalue weighted by molar-refractivity contribution is 7.99. The Hall–Kier alpha value is -3.62. The molecule has 37 heavy (non-hydrogen) atoms. The normalized spacial score (nSPS) is 21.0. The average molecular weight is 521 g/mol. The summed E-state index contributed by atoms with van der Waals surface area (Å²) in [4.78, 5) is 38.2. The van der Waals surface area contributed by atoms with Gasteiger partial charge in [0.1, 0.15) is 30.4 Å². The number of ether oxygens (including phenoxy) is 4. The van der Waals surface area contributed by atoms with Gasteiger partial charge < -0.3 is 18.9 Å². The Morgan fingerprint density at radius 2 is 1.19 bits per heavy atom. The first kappa shape index (κ1) is 26.4. The molecule has 1 aliphatic rings. The van der Waals surface area contributed by atoms with Crippen LogP contribution in [0.2, 0.25) is 0 Å². The molecular formula is C29H28O7S. The van der Waals surface area contributed by atoms with Gasteiger partial charge in [-0.15, -0.1) is 11.8 Å². The summed E-state index contributed by atoms with van der Waals surface area (Å²) in [6.07, 6.45) is -2.02. The number of hydrogen-bond donors (Lipinski definition) is 0. The van der Waals surface area contributed by atoms with Gasteiger partial charge in [-0.2, -0.15) is 0 Å². The molecular weight excluding hydrogens is 492 g/mol. The molecule has 0 radical (unpaired) electrons. The van der Waals surface area contributed by atoms with E-state index in [9.17, 15) is 14.4 Å². The molecule has 0 aromatic heterocycles. The van der Waals surface area contributed by atoms with Crippen molar-refractivity contribution in [3.05, 3.63) is 108 Å². The largest absolute Gasteiger partial charge is 0.459 e. The third-order valence-corrected chi connectivity index (χ3v) is 6.82. The fraction of sp³-hybridized carbons (Fsp3) is 0.276. The fourth-order valence-corrected chi connectivity index (χ4v) is 4.83. The SMILES string of the molecule is CCS[C@@H]1O[C@H](COC(=O)c2ccccc2)[C@H](OC(=O)c2ccccc2)C[C@H]1OC(=O)c1ccccc1. The smallest absolute Gasteiger partial charge is 0.338 e. The summed E-state index contributed by atoms with van der Waals surface area (Å²) in [6, 6.07) is 25.9. The van der Waals surface area contributed by atoms with Gasteiger partial charge in [0, 0.05) is 6.42 Å². The van der Waals surface area contributed by atoms with E-state index in [1.54, 1.807) is 78.9 Å². The first-order valence-electron chi connectivity index (χ1n) is 12.1. The van der Waals surface area contributed by atoms with E-state index in [0.29, 0.717) is 22.4 Å². The Labute approximate surface area is 220 Å². The number of esters is 3. The molecule has 3 aromatic carbocycles. The number of hydrogen-bond acceptors (Lipinski definition) is 8. The summed E-state index contributed by atoms with van der Waals surface area (Å²) in [5.74, 6) is -0.828. The predicted octanol–water partition coefficient (Wildman–Crippen LogP) is 5.16. The molecule has 0 aliphatic carbocycles. The predicted molar refractivity (Wildman–Crippen MR) is 139 cm³/mol. The van der Waals surface area contributed by atoms with Crippen LogP contribution in [0.4, 0.5) is 0 Å². The van der Waals surface area contributed by atoms with E-state index in [1.165, 1.54) is 11.8 Å². The zero-order chi connectivity index (χ0) is 26.0. The summed E-state index contributed by atoms with van der Waals surface area (Å²) >= 11 is 1.47. The van der Waals surface area contributed by atoms with Crippen molar-refractivity contribution in [2.45, 2.75) is 37.1 Å². The summed E-state index contributed by atoms with van der Waals surface area (Å²) in [6.45, 7) is 1.84. The maximum absolute atomic E-state index is 12.9. The second kappa shape index (κ2) is 13.1. The van der Waals surface area contributed by atoms with Crippen LogP contribution in [0.25, 0.3) is 0 Å². The second-order valence-corrected chi connectivity index (χ2v) is 9.69. The minimum absolute atomic E-state index is 0.124. The molecule has 0 N–H and O–H groups in total. The monoisotopic (exact) mass is 520 g/mol. The van der Waals surface area contributed by atoms with E-state index in [1.807, 2.05) is 19.1 Å². The molecule has 1 fully saturated rings. The molecule has 0 unspecified atom stereocenters. The zero-order valence-electron chi connectivity index (χ0n) is 20.4. The van der Waals surface area contributed by atoms with Crippen LogP contribution in [-0.4, -0.2) is 54.0 Å². The number of carbonyl (C=O) groups is 3. The van der Waals surface area contributed by atoms with Crippen molar-refractivity contribution in [3.8, 4) is 0 Å². The molecule has 1 saturated heterocycles. The van der Waals surface area contributed by atoms with Crippen molar-refractivity contribution in [2.75, 3.05) is 12.4 Å². The third kappa shape index (κ3) is 7.21. The summed E-state index contributed by atoms with van der Waals surface area (Å²) < 4.78 is 23.4.